The summed E-state index contributed by atoms with van der Waals surface area (Å²) in [4.78, 5) is 16.6. The molecule has 19 heavy (non-hydrogen) atoms. The zero-order chi connectivity index (χ0) is 13.7. The molecule has 1 atom stereocenters. The number of hydrogen-bond donors (Lipinski definition) is 1. The van der Waals surface area contributed by atoms with E-state index in [0.717, 1.165) is 31.8 Å². The van der Waals surface area contributed by atoms with Crippen LogP contribution in [0, 0.1) is 5.92 Å². The Bertz CT molecular complexity index is 305. The maximum absolute atomic E-state index is 12.1. The zero-order valence-corrected chi connectivity index (χ0v) is 11.9. The van der Waals surface area contributed by atoms with E-state index in [-0.39, 0.29) is 5.91 Å². The summed E-state index contributed by atoms with van der Waals surface area (Å²) in [5.41, 5.74) is 5.85. The lowest BCUT2D eigenvalue weighted by Gasteiger charge is -2.35. The zero-order valence-electron chi connectivity index (χ0n) is 11.9. The number of amides is 1. The van der Waals surface area contributed by atoms with Gasteiger partial charge in [0.15, 0.2) is 0 Å². The molecule has 0 radical (unpaired) electrons. The van der Waals surface area contributed by atoms with Crippen molar-refractivity contribution in [2.75, 3.05) is 32.7 Å². The smallest absolute Gasteiger partial charge is 0.239 e. The fraction of sp³-hybridized carbons (Fsp3) is 0.800. The van der Waals surface area contributed by atoms with Gasteiger partial charge in [0.2, 0.25) is 5.91 Å². The van der Waals surface area contributed by atoms with Crippen molar-refractivity contribution >= 4 is 5.91 Å². The first-order valence-electron chi connectivity index (χ1n) is 7.58. The van der Waals surface area contributed by atoms with Crippen molar-refractivity contribution in [2.24, 2.45) is 11.7 Å². The Morgan fingerprint density at radius 3 is 2.47 bits per heavy atom. The maximum Gasteiger partial charge on any atom is 0.239 e. The van der Waals surface area contributed by atoms with Crippen molar-refractivity contribution in [3.8, 4) is 0 Å². The molecular formula is C15H27N3O. The van der Waals surface area contributed by atoms with Gasteiger partial charge in [-0.25, -0.2) is 0 Å². The lowest BCUT2D eigenvalue weighted by atomic mass is 9.95. The third-order valence-corrected chi connectivity index (χ3v) is 4.38. The highest BCUT2D eigenvalue weighted by Gasteiger charge is 2.27. The van der Waals surface area contributed by atoms with Crippen LogP contribution in [0.3, 0.4) is 0 Å². The minimum absolute atomic E-state index is 0.0968. The molecular weight excluding hydrogens is 238 g/mol. The van der Waals surface area contributed by atoms with Crippen LogP contribution in [-0.2, 0) is 4.79 Å². The van der Waals surface area contributed by atoms with Gasteiger partial charge < -0.3 is 15.5 Å². The second-order valence-corrected chi connectivity index (χ2v) is 5.91. The molecule has 1 amide bonds. The lowest BCUT2D eigenvalue weighted by Crippen LogP contribution is -2.48. The van der Waals surface area contributed by atoms with Crippen molar-refractivity contribution in [3.05, 3.63) is 12.7 Å². The average molecular weight is 265 g/mol. The maximum atomic E-state index is 12.1. The standard InChI is InChI=1S/C15H27N3O/c1-2-5-14(16)15(19)18-10-6-13(7-11-18)12-17-8-3-4-9-17/h2,13-14H,1,3-12,16H2. The Hall–Kier alpha value is -0.870. The molecule has 0 aromatic rings. The Kier molecular flexibility index (Phi) is 5.40. The van der Waals surface area contributed by atoms with E-state index in [9.17, 15) is 4.79 Å². The van der Waals surface area contributed by atoms with Crippen molar-refractivity contribution in [3.63, 3.8) is 0 Å². The van der Waals surface area contributed by atoms with Crippen LogP contribution in [0.2, 0.25) is 0 Å². The molecule has 1 unspecified atom stereocenters. The molecule has 2 aliphatic heterocycles. The van der Waals surface area contributed by atoms with Crippen LogP contribution in [0.15, 0.2) is 12.7 Å². The first kappa shape index (κ1) is 14.5. The van der Waals surface area contributed by atoms with Gasteiger partial charge in [0.05, 0.1) is 6.04 Å². The average Bonchev–Trinajstić information content (AvgIpc) is 2.92. The highest BCUT2D eigenvalue weighted by molar-refractivity contribution is 5.81. The second kappa shape index (κ2) is 7.06. The molecule has 2 aliphatic rings. The summed E-state index contributed by atoms with van der Waals surface area (Å²) in [5.74, 6) is 0.859. The summed E-state index contributed by atoms with van der Waals surface area (Å²) in [7, 11) is 0. The third kappa shape index (κ3) is 4.05. The predicted octanol–water partition coefficient (Wildman–Crippen LogP) is 1.22. The van der Waals surface area contributed by atoms with Crippen LogP contribution < -0.4 is 5.73 Å². The summed E-state index contributed by atoms with van der Waals surface area (Å²) in [6, 6.07) is -0.396. The van der Waals surface area contributed by atoms with E-state index in [1.165, 1.54) is 32.5 Å². The van der Waals surface area contributed by atoms with E-state index in [1.54, 1.807) is 6.08 Å². The van der Waals surface area contributed by atoms with E-state index in [0.29, 0.717) is 6.42 Å². The molecule has 2 rings (SSSR count). The lowest BCUT2D eigenvalue weighted by molar-refractivity contribution is -0.134. The number of hydrogen-bond acceptors (Lipinski definition) is 3. The van der Waals surface area contributed by atoms with Gasteiger partial charge in [-0.05, 0) is 51.1 Å². The molecule has 2 N–H and O–H groups in total. The summed E-state index contributed by atoms with van der Waals surface area (Å²) in [5, 5.41) is 0. The van der Waals surface area contributed by atoms with Gasteiger partial charge in [-0.15, -0.1) is 6.58 Å². The molecule has 4 nitrogen and oxygen atoms in total. The fourth-order valence-corrected chi connectivity index (χ4v) is 3.18. The summed E-state index contributed by atoms with van der Waals surface area (Å²) >= 11 is 0. The molecule has 0 saturated carbocycles. The second-order valence-electron chi connectivity index (χ2n) is 5.91. The Labute approximate surface area is 116 Å². The normalized spacial score (nSPS) is 23.5. The van der Waals surface area contributed by atoms with Gasteiger partial charge in [-0.2, -0.15) is 0 Å². The van der Waals surface area contributed by atoms with E-state index < -0.39 is 6.04 Å². The number of likely N-dealkylation sites (tertiary alicyclic amines) is 2. The minimum atomic E-state index is -0.396. The summed E-state index contributed by atoms with van der Waals surface area (Å²) in [6.45, 7) is 9.15. The minimum Gasteiger partial charge on any atom is -0.341 e. The number of nitrogens with two attached hydrogens (primary N) is 1. The SMILES string of the molecule is C=CCC(N)C(=O)N1CCC(CN2CCCC2)CC1. The summed E-state index contributed by atoms with van der Waals surface area (Å²) < 4.78 is 0. The first-order valence-corrected chi connectivity index (χ1v) is 7.58. The van der Waals surface area contributed by atoms with Crippen LogP contribution in [0.4, 0.5) is 0 Å². The Balaban J connectivity index is 1.72. The van der Waals surface area contributed by atoms with E-state index in [4.69, 9.17) is 5.73 Å². The first-order chi connectivity index (χ1) is 9.20. The topological polar surface area (TPSA) is 49.6 Å². The van der Waals surface area contributed by atoms with Gasteiger partial charge >= 0.3 is 0 Å². The molecule has 0 aliphatic carbocycles. The van der Waals surface area contributed by atoms with Crippen LogP contribution in [-0.4, -0.2) is 54.5 Å². The molecule has 2 fully saturated rings. The van der Waals surface area contributed by atoms with Crippen LogP contribution in [0.5, 0.6) is 0 Å². The fourth-order valence-electron chi connectivity index (χ4n) is 3.18. The molecule has 4 heteroatoms. The van der Waals surface area contributed by atoms with Crippen LogP contribution >= 0.6 is 0 Å². The highest BCUT2D eigenvalue weighted by atomic mass is 16.2. The molecule has 108 valence electrons. The molecule has 2 heterocycles. The van der Waals surface area contributed by atoms with Crippen molar-refractivity contribution in [1.29, 1.82) is 0 Å². The number of carbonyl (C=O) groups is 1. The molecule has 0 bridgehead atoms. The van der Waals surface area contributed by atoms with E-state index >= 15 is 0 Å². The van der Waals surface area contributed by atoms with Gasteiger partial charge in [0, 0.05) is 19.6 Å². The molecule has 0 aromatic heterocycles. The van der Waals surface area contributed by atoms with Gasteiger partial charge in [0.25, 0.3) is 0 Å². The third-order valence-electron chi connectivity index (χ3n) is 4.38. The number of carbonyl (C=O) groups excluding carboxylic acids is 1. The molecule has 0 spiro atoms. The van der Waals surface area contributed by atoms with Crippen molar-refractivity contribution < 1.29 is 4.79 Å². The van der Waals surface area contributed by atoms with Crippen LogP contribution in [0.25, 0.3) is 0 Å². The van der Waals surface area contributed by atoms with E-state index in [2.05, 4.69) is 11.5 Å². The quantitative estimate of drug-likeness (QED) is 0.761. The van der Waals surface area contributed by atoms with Crippen molar-refractivity contribution in [2.45, 2.75) is 38.1 Å². The van der Waals surface area contributed by atoms with E-state index in [1.807, 2.05) is 4.90 Å². The Morgan fingerprint density at radius 2 is 1.89 bits per heavy atom. The Morgan fingerprint density at radius 1 is 1.26 bits per heavy atom. The number of nitrogens with zero attached hydrogens (tertiary/aromatic N) is 2. The largest absolute Gasteiger partial charge is 0.341 e. The number of piperidine rings is 1. The summed E-state index contributed by atoms with van der Waals surface area (Å²) in [6.07, 6.45) is 7.27. The monoisotopic (exact) mass is 265 g/mol. The number of rotatable bonds is 5. The van der Waals surface area contributed by atoms with Crippen LogP contribution in [0.1, 0.15) is 32.1 Å². The van der Waals surface area contributed by atoms with Crippen molar-refractivity contribution in [1.82, 2.24) is 9.80 Å². The van der Waals surface area contributed by atoms with Gasteiger partial charge in [0.1, 0.15) is 0 Å². The highest BCUT2D eigenvalue weighted by Crippen LogP contribution is 2.21. The molecule has 0 aromatic carbocycles. The van der Waals surface area contributed by atoms with Gasteiger partial charge in [-0.1, -0.05) is 6.08 Å². The van der Waals surface area contributed by atoms with Gasteiger partial charge in [-0.3, -0.25) is 4.79 Å². The predicted molar refractivity (Wildman–Crippen MR) is 77.8 cm³/mol. The molecule has 2 saturated heterocycles.